The van der Waals surface area contributed by atoms with Crippen LogP contribution in [0.25, 0.3) is 0 Å². The summed E-state index contributed by atoms with van der Waals surface area (Å²) in [4.78, 5) is 10.9. The zero-order valence-corrected chi connectivity index (χ0v) is 8.64. The molecule has 2 N–H and O–H groups in total. The van der Waals surface area contributed by atoms with E-state index in [1.165, 1.54) is 7.11 Å². The molecular weight excluding hydrogens is 198 g/mol. The van der Waals surface area contributed by atoms with Gasteiger partial charge in [-0.2, -0.15) is 0 Å². The van der Waals surface area contributed by atoms with Crippen LogP contribution in [0.5, 0.6) is 0 Å². The molecule has 0 unspecified atom stereocenters. The predicted octanol–water partition coefficient (Wildman–Crippen LogP) is 0.715. The van der Waals surface area contributed by atoms with E-state index in [2.05, 4.69) is 0 Å². The van der Waals surface area contributed by atoms with Crippen molar-refractivity contribution in [2.24, 2.45) is 0 Å². The van der Waals surface area contributed by atoms with Crippen LogP contribution in [0.3, 0.4) is 0 Å². The van der Waals surface area contributed by atoms with Gasteiger partial charge >= 0.3 is 5.97 Å². The van der Waals surface area contributed by atoms with Gasteiger partial charge in [0.05, 0.1) is 17.9 Å². The van der Waals surface area contributed by atoms with Crippen LogP contribution in [-0.4, -0.2) is 34.5 Å². The molecule has 0 aliphatic carbocycles. The van der Waals surface area contributed by atoms with Crippen molar-refractivity contribution >= 4 is 5.97 Å². The second kappa shape index (κ2) is 5.53. The average molecular weight is 213 g/mol. The Morgan fingerprint density at radius 3 is 2.87 bits per heavy atom. The topological polar surface area (TPSA) is 71.7 Å². The minimum atomic E-state index is -0.954. The van der Waals surface area contributed by atoms with Gasteiger partial charge in [-0.1, -0.05) is 0 Å². The molecule has 0 saturated heterocycles. The summed E-state index contributed by atoms with van der Waals surface area (Å²) >= 11 is 0. The Labute approximate surface area is 87.9 Å². The monoisotopic (exact) mass is 213 g/mol. The first-order chi connectivity index (χ1) is 7.20. The van der Waals surface area contributed by atoms with Gasteiger partial charge in [0.1, 0.15) is 0 Å². The number of aromatic carboxylic acids is 1. The van der Waals surface area contributed by atoms with E-state index in [9.17, 15) is 4.79 Å². The first-order valence-corrected chi connectivity index (χ1v) is 4.71. The largest absolute Gasteiger partial charge is 0.478 e. The molecule has 5 nitrogen and oxygen atoms in total. The third-order valence-electron chi connectivity index (χ3n) is 2.15. The zero-order valence-electron chi connectivity index (χ0n) is 8.64. The lowest BCUT2D eigenvalue weighted by Crippen LogP contribution is -2.08. The Hall–Kier alpha value is -1.33. The number of aliphatic hydroxyl groups is 1. The summed E-state index contributed by atoms with van der Waals surface area (Å²) in [5, 5.41) is 17.6. The van der Waals surface area contributed by atoms with Crippen molar-refractivity contribution in [3.05, 3.63) is 23.5 Å². The molecule has 0 saturated carbocycles. The Morgan fingerprint density at radius 2 is 2.33 bits per heavy atom. The zero-order chi connectivity index (χ0) is 11.3. The van der Waals surface area contributed by atoms with Gasteiger partial charge in [0.2, 0.25) is 0 Å². The second-order valence-electron chi connectivity index (χ2n) is 3.18. The molecule has 1 aromatic heterocycles. The molecule has 0 aliphatic heterocycles. The number of hydrogen-bond acceptors (Lipinski definition) is 3. The van der Waals surface area contributed by atoms with Crippen molar-refractivity contribution < 1.29 is 19.7 Å². The van der Waals surface area contributed by atoms with Crippen molar-refractivity contribution in [1.29, 1.82) is 0 Å². The van der Waals surface area contributed by atoms with Crippen molar-refractivity contribution in [3.63, 3.8) is 0 Å². The fraction of sp³-hybridized carbons (Fsp3) is 0.500. The van der Waals surface area contributed by atoms with Crippen LogP contribution in [0.1, 0.15) is 22.5 Å². The number of carboxylic acids is 1. The smallest absolute Gasteiger partial charge is 0.337 e. The third-order valence-corrected chi connectivity index (χ3v) is 2.15. The molecule has 0 bridgehead atoms. The molecule has 0 aliphatic rings. The van der Waals surface area contributed by atoms with Crippen molar-refractivity contribution in [2.45, 2.75) is 19.6 Å². The lowest BCUT2D eigenvalue weighted by molar-refractivity contribution is 0.0691. The first kappa shape index (κ1) is 11.7. The lowest BCUT2D eigenvalue weighted by atomic mass is 10.2. The molecule has 84 valence electrons. The van der Waals surface area contributed by atoms with Gasteiger partial charge in [-0.25, -0.2) is 4.79 Å². The first-order valence-electron chi connectivity index (χ1n) is 4.71. The van der Waals surface area contributed by atoms with Crippen LogP contribution >= 0.6 is 0 Å². The SMILES string of the molecule is COCc1c(C(=O)O)ccn1CCCO. The highest BCUT2D eigenvalue weighted by Crippen LogP contribution is 2.13. The summed E-state index contributed by atoms with van der Waals surface area (Å²) in [6.45, 7) is 0.954. The third kappa shape index (κ3) is 2.81. The second-order valence-corrected chi connectivity index (χ2v) is 3.18. The van der Waals surface area contributed by atoms with Gasteiger partial charge in [0.25, 0.3) is 0 Å². The molecule has 0 atom stereocenters. The number of methoxy groups -OCH3 is 1. The lowest BCUT2D eigenvalue weighted by Gasteiger charge is -2.08. The summed E-state index contributed by atoms with van der Waals surface area (Å²) in [5.74, 6) is -0.954. The molecule has 0 spiro atoms. The maximum Gasteiger partial charge on any atom is 0.337 e. The van der Waals surface area contributed by atoms with Crippen molar-refractivity contribution in [3.8, 4) is 0 Å². The van der Waals surface area contributed by atoms with Gasteiger partial charge in [-0.3, -0.25) is 0 Å². The molecule has 0 amide bonds. The maximum atomic E-state index is 10.9. The minimum Gasteiger partial charge on any atom is -0.478 e. The fourth-order valence-corrected chi connectivity index (χ4v) is 1.45. The van der Waals surface area contributed by atoms with Gasteiger partial charge in [0.15, 0.2) is 0 Å². The fourth-order valence-electron chi connectivity index (χ4n) is 1.45. The Bertz CT molecular complexity index is 332. The number of aliphatic hydroxyl groups excluding tert-OH is 1. The quantitative estimate of drug-likeness (QED) is 0.730. The van der Waals surface area contributed by atoms with Crippen molar-refractivity contribution in [1.82, 2.24) is 4.57 Å². The van der Waals surface area contributed by atoms with E-state index < -0.39 is 5.97 Å². The summed E-state index contributed by atoms with van der Waals surface area (Å²) in [7, 11) is 1.52. The average Bonchev–Trinajstić information content (AvgIpc) is 2.59. The Morgan fingerprint density at radius 1 is 1.60 bits per heavy atom. The number of carboxylic acid groups (broad SMARTS) is 1. The molecule has 1 rings (SSSR count). The number of aromatic nitrogens is 1. The summed E-state index contributed by atoms with van der Waals surface area (Å²) in [6.07, 6.45) is 2.30. The van der Waals surface area contributed by atoms with E-state index in [1.54, 1.807) is 16.8 Å². The van der Waals surface area contributed by atoms with E-state index in [0.29, 0.717) is 18.7 Å². The standard InChI is InChI=1S/C10H15NO4/c1-15-7-9-8(10(13)14)3-5-11(9)4-2-6-12/h3,5,12H,2,4,6-7H2,1H3,(H,13,14). The van der Waals surface area contributed by atoms with E-state index in [0.717, 1.165) is 0 Å². The highest BCUT2D eigenvalue weighted by molar-refractivity contribution is 5.89. The van der Waals surface area contributed by atoms with E-state index in [4.69, 9.17) is 14.9 Å². The molecule has 0 aromatic carbocycles. The normalized spacial score (nSPS) is 10.5. The summed E-state index contributed by atoms with van der Waals surface area (Å²) < 4.78 is 6.75. The molecule has 15 heavy (non-hydrogen) atoms. The number of ether oxygens (including phenoxy) is 1. The number of hydrogen-bond donors (Lipinski definition) is 2. The summed E-state index contributed by atoms with van der Waals surface area (Å²) in [6, 6.07) is 1.55. The van der Waals surface area contributed by atoms with Crippen LogP contribution in [0.15, 0.2) is 12.3 Å². The summed E-state index contributed by atoms with van der Waals surface area (Å²) in [5.41, 5.74) is 0.897. The van der Waals surface area contributed by atoms with Gasteiger partial charge < -0.3 is 19.5 Å². The molecule has 0 radical (unpaired) electrons. The number of aryl methyl sites for hydroxylation is 1. The van der Waals surface area contributed by atoms with Gasteiger partial charge in [0, 0.05) is 26.5 Å². The Kier molecular flexibility index (Phi) is 4.33. The van der Waals surface area contributed by atoms with E-state index >= 15 is 0 Å². The van der Waals surface area contributed by atoms with Crippen LogP contribution in [0.4, 0.5) is 0 Å². The number of rotatable bonds is 6. The Balaban J connectivity index is 2.90. The van der Waals surface area contributed by atoms with Crippen LogP contribution in [-0.2, 0) is 17.9 Å². The molecule has 1 heterocycles. The molecule has 1 aromatic rings. The molecule has 5 heteroatoms. The van der Waals surface area contributed by atoms with E-state index in [-0.39, 0.29) is 18.8 Å². The van der Waals surface area contributed by atoms with Crippen LogP contribution in [0, 0.1) is 0 Å². The molecular formula is C10H15NO4. The highest BCUT2D eigenvalue weighted by Gasteiger charge is 2.14. The number of carbonyl (C=O) groups is 1. The van der Waals surface area contributed by atoms with Crippen molar-refractivity contribution in [2.75, 3.05) is 13.7 Å². The number of nitrogens with zero attached hydrogens (tertiary/aromatic N) is 1. The van der Waals surface area contributed by atoms with Gasteiger partial charge in [-0.15, -0.1) is 0 Å². The van der Waals surface area contributed by atoms with Crippen LogP contribution in [0.2, 0.25) is 0 Å². The minimum absolute atomic E-state index is 0.0903. The molecule has 0 fully saturated rings. The predicted molar refractivity (Wildman–Crippen MR) is 53.8 cm³/mol. The van der Waals surface area contributed by atoms with E-state index in [1.807, 2.05) is 0 Å². The highest BCUT2D eigenvalue weighted by atomic mass is 16.5. The maximum absolute atomic E-state index is 10.9. The van der Waals surface area contributed by atoms with Gasteiger partial charge in [-0.05, 0) is 12.5 Å². The van der Waals surface area contributed by atoms with Crippen LogP contribution < -0.4 is 0 Å².